The van der Waals surface area contributed by atoms with Crippen LogP contribution in [0, 0.1) is 0 Å². The highest BCUT2D eigenvalue weighted by Gasteiger charge is 2.06. The Morgan fingerprint density at radius 3 is 3.19 bits per heavy atom. The molecule has 0 aliphatic heterocycles. The number of nitrogens with one attached hydrogen (secondary N) is 1. The minimum Gasteiger partial charge on any atom is -0.502 e. The fraction of sp³-hybridized carbons (Fsp3) is 0.273. The van der Waals surface area contributed by atoms with E-state index in [9.17, 15) is 4.79 Å². The molecule has 0 aliphatic rings. The summed E-state index contributed by atoms with van der Waals surface area (Å²) in [5.74, 6) is -0.235. The average Bonchev–Trinajstić information content (AvgIpc) is 2.28. The molecule has 0 radical (unpaired) electrons. The summed E-state index contributed by atoms with van der Waals surface area (Å²) in [5, 5.41) is 3.21. The fourth-order valence-corrected chi connectivity index (χ4v) is 1.22. The molecule has 16 heavy (non-hydrogen) atoms. The summed E-state index contributed by atoms with van der Waals surface area (Å²) in [5.41, 5.74) is 0.317. The number of carbonyl (C=O) groups is 1. The molecule has 1 rings (SSSR count). The predicted molar refractivity (Wildman–Crippen MR) is 62.3 cm³/mol. The monoisotopic (exact) mass is 240 g/mol. The summed E-state index contributed by atoms with van der Waals surface area (Å²) in [6.45, 7) is 4.48. The third-order valence-electron chi connectivity index (χ3n) is 1.80. The van der Waals surface area contributed by atoms with Gasteiger partial charge < -0.3 is 10.1 Å². The Morgan fingerprint density at radius 2 is 2.50 bits per heavy atom. The van der Waals surface area contributed by atoms with E-state index in [1.807, 2.05) is 0 Å². The molecule has 0 saturated heterocycles. The average molecular weight is 241 g/mol. The molecule has 0 aromatic carbocycles. The lowest BCUT2D eigenvalue weighted by Crippen LogP contribution is -2.25. The van der Waals surface area contributed by atoms with Crippen molar-refractivity contribution in [1.29, 1.82) is 0 Å². The number of pyridine rings is 1. The van der Waals surface area contributed by atoms with Gasteiger partial charge in [0.2, 0.25) is 0 Å². The summed E-state index contributed by atoms with van der Waals surface area (Å²) in [7, 11) is 0. The first kappa shape index (κ1) is 12.5. The van der Waals surface area contributed by atoms with E-state index in [0.717, 1.165) is 6.42 Å². The Bertz CT molecular complexity index is 369. The second-order valence-electron chi connectivity index (χ2n) is 3.01. The highest BCUT2D eigenvalue weighted by molar-refractivity contribution is 6.30. The van der Waals surface area contributed by atoms with Crippen LogP contribution in [0.4, 0.5) is 0 Å². The first-order chi connectivity index (χ1) is 7.74. The SMILES string of the molecule is C=COCCCNC(=O)c1cc(Cl)ccn1. The summed E-state index contributed by atoms with van der Waals surface area (Å²) in [4.78, 5) is 15.4. The normalized spacial score (nSPS) is 9.56. The minimum atomic E-state index is -0.235. The number of rotatable bonds is 6. The second kappa shape index (κ2) is 6.85. The van der Waals surface area contributed by atoms with Gasteiger partial charge in [-0.05, 0) is 18.6 Å². The predicted octanol–water partition coefficient (Wildman–Crippen LogP) is 2.02. The molecule has 1 amide bonds. The van der Waals surface area contributed by atoms with Crippen molar-refractivity contribution < 1.29 is 9.53 Å². The zero-order chi connectivity index (χ0) is 11.8. The number of carbonyl (C=O) groups excluding carboxylic acids is 1. The maximum Gasteiger partial charge on any atom is 0.269 e. The molecule has 1 aromatic heterocycles. The molecule has 0 atom stereocenters. The van der Waals surface area contributed by atoms with Gasteiger partial charge >= 0.3 is 0 Å². The third-order valence-corrected chi connectivity index (χ3v) is 2.03. The lowest BCUT2D eigenvalue weighted by Gasteiger charge is -2.04. The number of amides is 1. The molecule has 0 spiro atoms. The molecule has 0 bridgehead atoms. The van der Waals surface area contributed by atoms with Crippen molar-refractivity contribution in [3.05, 3.63) is 41.9 Å². The van der Waals surface area contributed by atoms with E-state index in [4.69, 9.17) is 16.3 Å². The molecule has 1 aromatic rings. The minimum absolute atomic E-state index is 0.235. The Labute approximate surface area is 99.3 Å². The van der Waals surface area contributed by atoms with Crippen molar-refractivity contribution >= 4 is 17.5 Å². The van der Waals surface area contributed by atoms with Crippen molar-refractivity contribution in [2.75, 3.05) is 13.2 Å². The molecular weight excluding hydrogens is 228 g/mol. The molecular formula is C11H13ClN2O2. The van der Waals surface area contributed by atoms with Gasteiger partial charge in [0.25, 0.3) is 5.91 Å². The molecule has 1 N–H and O–H groups in total. The van der Waals surface area contributed by atoms with Gasteiger partial charge in [0.1, 0.15) is 5.69 Å². The summed E-state index contributed by atoms with van der Waals surface area (Å²) in [6, 6.07) is 3.15. The Hall–Kier alpha value is -1.55. The lowest BCUT2D eigenvalue weighted by atomic mass is 10.3. The molecule has 0 aliphatic carbocycles. The number of ether oxygens (including phenoxy) is 1. The highest BCUT2D eigenvalue weighted by atomic mass is 35.5. The van der Waals surface area contributed by atoms with Gasteiger partial charge in [-0.1, -0.05) is 18.2 Å². The van der Waals surface area contributed by atoms with Crippen molar-refractivity contribution in [3.63, 3.8) is 0 Å². The Morgan fingerprint density at radius 1 is 1.69 bits per heavy atom. The van der Waals surface area contributed by atoms with E-state index in [1.165, 1.54) is 18.5 Å². The summed E-state index contributed by atoms with van der Waals surface area (Å²) >= 11 is 5.74. The molecule has 4 nitrogen and oxygen atoms in total. The van der Waals surface area contributed by atoms with E-state index in [2.05, 4.69) is 16.9 Å². The van der Waals surface area contributed by atoms with Crippen LogP contribution < -0.4 is 5.32 Å². The van der Waals surface area contributed by atoms with Gasteiger partial charge in [-0.25, -0.2) is 0 Å². The topological polar surface area (TPSA) is 51.2 Å². The van der Waals surface area contributed by atoms with Crippen LogP contribution in [0.5, 0.6) is 0 Å². The van der Waals surface area contributed by atoms with Crippen molar-refractivity contribution in [3.8, 4) is 0 Å². The first-order valence-electron chi connectivity index (χ1n) is 4.86. The maximum absolute atomic E-state index is 11.5. The lowest BCUT2D eigenvalue weighted by molar-refractivity contribution is 0.0945. The smallest absolute Gasteiger partial charge is 0.269 e. The molecule has 0 saturated carbocycles. The Balaban J connectivity index is 2.32. The fourth-order valence-electron chi connectivity index (χ4n) is 1.06. The standard InChI is InChI=1S/C11H13ClN2O2/c1-2-16-7-3-5-14-11(15)10-8-9(12)4-6-13-10/h2,4,6,8H,1,3,5,7H2,(H,14,15). The molecule has 1 heterocycles. The quantitative estimate of drug-likeness (QED) is 0.611. The largest absolute Gasteiger partial charge is 0.502 e. The summed E-state index contributed by atoms with van der Waals surface area (Å²) in [6.07, 6.45) is 3.59. The van der Waals surface area contributed by atoms with Gasteiger partial charge in [-0.15, -0.1) is 0 Å². The summed E-state index contributed by atoms with van der Waals surface area (Å²) < 4.78 is 4.92. The van der Waals surface area contributed by atoms with Crippen LogP contribution in [0.2, 0.25) is 5.02 Å². The van der Waals surface area contributed by atoms with Crippen LogP contribution in [-0.2, 0) is 4.74 Å². The van der Waals surface area contributed by atoms with E-state index in [0.29, 0.717) is 23.9 Å². The van der Waals surface area contributed by atoms with Gasteiger partial charge in [0, 0.05) is 17.8 Å². The number of halogens is 1. The number of aromatic nitrogens is 1. The van der Waals surface area contributed by atoms with Crippen LogP contribution in [0.1, 0.15) is 16.9 Å². The van der Waals surface area contributed by atoms with E-state index in [-0.39, 0.29) is 5.91 Å². The van der Waals surface area contributed by atoms with E-state index >= 15 is 0 Å². The highest BCUT2D eigenvalue weighted by Crippen LogP contribution is 2.07. The molecule has 0 fully saturated rings. The van der Waals surface area contributed by atoms with Crippen molar-refractivity contribution in [1.82, 2.24) is 10.3 Å². The number of hydrogen-bond acceptors (Lipinski definition) is 3. The van der Waals surface area contributed by atoms with Crippen LogP contribution in [0.15, 0.2) is 31.2 Å². The Kier molecular flexibility index (Phi) is 5.36. The van der Waals surface area contributed by atoms with Crippen LogP contribution >= 0.6 is 11.6 Å². The van der Waals surface area contributed by atoms with E-state index in [1.54, 1.807) is 6.07 Å². The van der Waals surface area contributed by atoms with Crippen LogP contribution in [0.25, 0.3) is 0 Å². The molecule has 0 unspecified atom stereocenters. The zero-order valence-corrected chi connectivity index (χ0v) is 9.54. The van der Waals surface area contributed by atoms with E-state index < -0.39 is 0 Å². The van der Waals surface area contributed by atoms with Gasteiger partial charge in [-0.3, -0.25) is 9.78 Å². The van der Waals surface area contributed by atoms with Crippen molar-refractivity contribution in [2.24, 2.45) is 0 Å². The molecule has 86 valence electrons. The van der Waals surface area contributed by atoms with Crippen LogP contribution in [0.3, 0.4) is 0 Å². The number of hydrogen-bond donors (Lipinski definition) is 1. The zero-order valence-electron chi connectivity index (χ0n) is 8.78. The van der Waals surface area contributed by atoms with Gasteiger partial charge in [0.15, 0.2) is 0 Å². The maximum atomic E-state index is 11.5. The van der Waals surface area contributed by atoms with Gasteiger partial charge in [0.05, 0.1) is 12.9 Å². The van der Waals surface area contributed by atoms with Gasteiger partial charge in [-0.2, -0.15) is 0 Å². The molecule has 5 heteroatoms. The number of nitrogens with zero attached hydrogens (tertiary/aromatic N) is 1. The van der Waals surface area contributed by atoms with Crippen molar-refractivity contribution in [2.45, 2.75) is 6.42 Å². The first-order valence-corrected chi connectivity index (χ1v) is 5.24. The third kappa shape index (κ3) is 4.31. The second-order valence-corrected chi connectivity index (χ2v) is 3.44. The van der Waals surface area contributed by atoms with Crippen LogP contribution in [-0.4, -0.2) is 24.0 Å².